The molecule has 1 fully saturated rings. The summed E-state index contributed by atoms with van der Waals surface area (Å²) in [6.45, 7) is 0. The van der Waals surface area contributed by atoms with E-state index in [-0.39, 0.29) is 23.4 Å². The summed E-state index contributed by atoms with van der Waals surface area (Å²) >= 11 is 0. The van der Waals surface area contributed by atoms with Crippen molar-refractivity contribution in [2.75, 3.05) is 0 Å². The van der Waals surface area contributed by atoms with Crippen molar-refractivity contribution in [2.45, 2.75) is 12.3 Å². The number of carbonyl (C=O) groups excluding carboxylic acids is 1. The van der Waals surface area contributed by atoms with Gasteiger partial charge in [-0.1, -0.05) is 24.3 Å². The lowest BCUT2D eigenvalue weighted by Crippen LogP contribution is -2.12. The molecule has 2 atom stereocenters. The zero-order valence-electron chi connectivity index (χ0n) is 10.6. The first-order chi connectivity index (χ1) is 9.65. The molecule has 0 aliphatic heterocycles. The predicted octanol–water partition coefficient (Wildman–Crippen LogP) is 3.67. The number of ether oxygens (including phenoxy) is 1. The van der Waals surface area contributed by atoms with Crippen LogP contribution in [0.5, 0.6) is 5.75 Å². The lowest BCUT2D eigenvalue weighted by atomic mass is 10.1. The van der Waals surface area contributed by atoms with Gasteiger partial charge in [0.15, 0.2) is 11.6 Å². The summed E-state index contributed by atoms with van der Waals surface area (Å²) in [5, 5.41) is 0. The Hall–Kier alpha value is -2.23. The molecule has 0 N–H and O–H groups in total. The molecule has 0 bridgehead atoms. The highest BCUT2D eigenvalue weighted by Gasteiger charge is 2.45. The maximum Gasteiger partial charge on any atom is 0.315 e. The van der Waals surface area contributed by atoms with Crippen molar-refractivity contribution in [3.05, 3.63) is 65.7 Å². The van der Waals surface area contributed by atoms with Crippen LogP contribution in [0.4, 0.5) is 8.78 Å². The van der Waals surface area contributed by atoms with Crippen molar-refractivity contribution in [2.24, 2.45) is 5.92 Å². The van der Waals surface area contributed by atoms with Crippen molar-refractivity contribution in [3.8, 4) is 5.75 Å². The van der Waals surface area contributed by atoms with Gasteiger partial charge in [-0.05, 0) is 42.2 Å². The Balaban J connectivity index is 1.68. The summed E-state index contributed by atoms with van der Waals surface area (Å²) in [6, 6.07) is 11.9. The molecular formula is C16H12F2O2. The van der Waals surface area contributed by atoms with E-state index in [2.05, 4.69) is 0 Å². The van der Waals surface area contributed by atoms with E-state index in [1.807, 2.05) is 0 Å². The maximum absolute atomic E-state index is 13.4. The lowest BCUT2D eigenvalue weighted by Gasteiger charge is -2.05. The zero-order chi connectivity index (χ0) is 14.1. The minimum absolute atomic E-state index is 0.0371. The van der Waals surface area contributed by atoms with Crippen molar-refractivity contribution >= 4 is 5.97 Å². The summed E-state index contributed by atoms with van der Waals surface area (Å²) < 4.78 is 31.5. The number of rotatable bonds is 3. The van der Waals surface area contributed by atoms with Crippen LogP contribution in [0.25, 0.3) is 0 Å². The Kier molecular flexibility index (Phi) is 3.22. The molecule has 0 radical (unpaired) electrons. The van der Waals surface area contributed by atoms with Crippen LogP contribution in [0.1, 0.15) is 17.9 Å². The second-order valence-electron chi connectivity index (χ2n) is 4.86. The molecule has 2 nitrogen and oxygen atoms in total. The third-order valence-corrected chi connectivity index (χ3v) is 3.42. The van der Waals surface area contributed by atoms with Crippen LogP contribution >= 0.6 is 0 Å². The fourth-order valence-electron chi connectivity index (χ4n) is 2.27. The molecule has 102 valence electrons. The van der Waals surface area contributed by atoms with Gasteiger partial charge in [0.2, 0.25) is 0 Å². The molecule has 0 saturated heterocycles. The van der Waals surface area contributed by atoms with Crippen LogP contribution in [0.3, 0.4) is 0 Å². The van der Waals surface area contributed by atoms with Gasteiger partial charge in [0.25, 0.3) is 0 Å². The van der Waals surface area contributed by atoms with Crippen molar-refractivity contribution in [3.63, 3.8) is 0 Å². The Labute approximate surface area is 115 Å². The molecule has 3 rings (SSSR count). The van der Waals surface area contributed by atoms with Crippen LogP contribution in [0.2, 0.25) is 0 Å². The monoisotopic (exact) mass is 274 g/mol. The SMILES string of the molecule is O=C(Oc1ccccc1F)C1CC1c1cccc(F)c1. The molecule has 2 aromatic carbocycles. The Morgan fingerprint density at radius 1 is 1.10 bits per heavy atom. The summed E-state index contributed by atoms with van der Waals surface area (Å²) in [5.41, 5.74) is 0.778. The number of halogens is 2. The maximum atomic E-state index is 13.4. The Bertz CT molecular complexity index is 654. The van der Waals surface area contributed by atoms with E-state index in [4.69, 9.17) is 4.74 Å². The average Bonchev–Trinajstić information content (AvgIpc) is 3.22. The Morgan fingerprint density at radius 3 is 2.65 bits per heavy atom. The van der Waals surface area contributed by atoms with Crippen molar-refractivity contribution < 1.29 is 18.3 Å². The molecule has 1 aliphatic rings. The number of para-hydroxylation sites is 1. The predicted molar refractivity (Wildman–Crippen MR) is 69.3 cm³/mol. The van der Waals surface area contributed by atoms with Crippen LogP contribution in [-0.4, -0.2) is 5.97 Å². The molecule has 0 aromatic heterocycles. The number of esters is 1. The minimum Gasteiger partial charge on any atom is -0.423 e. The molecule has 0 heterocycles. The van der Waals surface area contributed by atoms with Gasteiger partial charge in [-0.15, -0.1) is 0 Å². The molecule has 20 heavy (non-hydrogen) atoms. The van der Waals surface area contributed by atoms with Gasteiger partial charge in [0.05, 0.1) is 5.92 Å². The van der Waals surface area contributed by atoms with Gasteiger partial charge in [-0.25, -0.2) is 8.78 Å². The quantitative estimate of drug-likeness (QED) is 0.630. The molecule has 2 aromatic rings. The zero-order valence-corrected chi connectivity index (χ0v) is 10.6. The normalized spacial score (nSPS) is 20.5. The topological polar surface area (TPSA) is 26.3 Å². The highest BCUT2D eigenvalue weighted by Crippen LogP contribution is 2.48. The van der Waals surface area contributed by atoms with E-state index in [1.165, 1.54) is 30.3 Å². The van der Waals surface area contributed by atoms with E-state index in [0.29, 0.717) is 6.42 Å². The average molecular weight is 274 g/mol. The first-order valence-electron chi connectivity index (χ1n) is 6.37. The first kappa shape index (κ1) is 12.8. The van der Waals surface area contributed by atoms with E-state index in [9.17, 15) is 13.6 Å². The van der Waals surface area contributed by atoms with E-state index in [1.54, 1.807) is 18.2 Å². The molecular weight excluding hydrogens is 262 g/mol. The minimum atomic E-state index is -0.566. The van der Waals surface area contributed by atoms with Gasteiger partial charge in [0, 0.05) is 0 Å². The van der Waals surface area contributed by atoms with Gasteiger partial charge in [0.1, 0.15) is 5.82 Å². The van der Waals surface area contributed by atoms with E-state index in [0.717, 1.165) is 5.56 Å². The van der Waals surface area contributed by atoms with E-state index < -0.39 is 11.8 Å². The smallest absolute Gasteiger partial charge is 0.315 e. The highest BCUT2D eigenvalue weighted by molar-refractivity contribution is 5.79. The van der Waals surface area contributed by atoms with Crippen molar-refractivity contribution in [1.82, 2.24) is 0 Å². The lowest BCUT2D eigenvalue weighted by molar-refractivity contribution is -0.136. The van der Waals surface area contributed by atoms with Crippen LogP contribution in [-0.2, 0) is 4.79 Å². The molecule has 1 aliphatic carbocycles. The molecule has 4 heteroatoms. The van der Waals surface area contributed by atoms with Gasteiger partial charge < -0.3 is 4.74 Å². The fraction of sp³-hybridized carbons (Fsp3) is 0.188. The van der Waals surface area contributed by atoms with Crippen LogP contribution < -0.4 is 4.74 Å². The highest BCUT2D eigenvalue weighted by atomic mass is 19.1. The largest absolute Gasteiger partial charge is 0.423 e. The molecule has 0 amide bonds. The number of carbonyl (C=O) groups is 1. The second-order valence-corrected chi connectivity index (χ2v) is 4.86. The summed E-state index contributed by atoms with van der Waals surface area (Å²) in [5.74, 6) is -1.78. The fourth-order valence-corrected chi connectivity index (χ4v) is 2.27. The van der Waals surface area contributed by atoms with Crippen LogP contribution in [0.15, 0.2) is 48.5 Å². The Morgan fingerprint density at radius 2 is 1.90 bits per heavy atom. The molecule has 2 unspecified atom stereocenters. The van der Waals surface area contributed by atoms with Gasteiger partial charge in [-0.3, -0.25) is 4.79 Å². The van der Waals surface area contributed by atoms with E-state index >= 15 is 0 Å². The summed E-state index contributed by atoms with van der Waals surface area (Å²) in [4.78, 5) is 11.9. The third-order valence-electron chi connectivity index (χ3n) is 3.42. The molecule has 0 spiro atoms. The van der Waals surface area contributed by atoms with Gasteiger partial charge in [-0.2, -0.15) is 0 Å². The first-order valence-corrected chi connectivity index (χ1v) is 6.37. The number of hydrogen-bond acceptors (Lipinski definition) is 2. The van der Waals surface area contributed by atoms with Crippen LogP contribution in [0, 0.1) is 17.6 Å². The van der Waals surface area contributed by atoms with Crippen molar-refractivity contribution in [1.29, 1.82) is 0 Å². The van der Waals surface area contributed by atoms with Gasteiger partial charge >= 0.3 is 5.97 Å². The standard InChI is InChI=1S/C16H12F2O2/c17-11-5-3-4-10(8-11)12-9-13(12)16(19)20-15-7-2-1-6-14(15)18/h1-8,12-13H,9H2. The number of benzene rings is 2. The molecule has 1 saturated carbocycles. The second kappa shape index (κ2) is 5.04. The third kappa shape index (κ3) is 2.54. The number of hydrogen-bond donors (Lipinski definition) is 0. The summed E-state index contributed by atoms with van der Waals surface area (Å²) in [6.07, 6.45) is 0.608. The summed E-state index contributed by atoms with van der Waals surface area (Å²) in [7, 11) is 0.